The van der Waals surface area contributed by atoms with Crippen LogP contribution in [0.4, 0.5) is 0 Å². The highest BCUT2D eigenvalue weighted by atomic mass is 79.9. The summed E-state index contributed by atoms with van der Waals surface area (Å²) in [6, 6.07) is 147. The van der Waals surface area contributed by atoms with Crippen molar-refractivity contribution in [2.75, 3.05) is 0 Å². The van der Waals surface area contributed by atoms with E-state index in [1.807, 2.05) is 91.0 Å². The fraction of sp³-hybridized carbons (Fsp3) is 0.0656. The number of benzene rings is 22. The van der Waals surface area contributed by atoms with E-state index in [0.29, 0.717) is 44.5 Å². The van der Waals surface area contributed by atoms with Crippen LogP contribution in [0.2, 0.25) is 0 Å². The van der Waals surface area contributed by atoms with Gasteiger partial charge in [0.05, 0.1) is 11.2 Å². The maximum absolute atomic E-state index is 12.7. The Bertz CT molecular complexity index is 8510. The van der Waals surface area contributed by atoms with Gasteiger partial charge in [-0.3, -0.25) is 9.59 Å². The van der Waals surface area contributed by atoms with Crippen molar-refractivity contribution in [1.82, 2.24) is 0 Å². The van der Waals surface area contributed by atoms with Crippen molar-refractivity contribution in [3.05, 3.63) is 494 Å². The predicted molar refractivity (Wildman–Crippen MR) is 558 cm³/mol. The van der Waals surface area contributed by atoms with Crippen LogP contribution in [-0.2, 0) is 20.5 Å². The largest absolute Gasteiger partial charge is 0.494 e. The minimum atomic E-state index is -1.46. The first-order valence-corrected chi connectivity index (χ1v) is 46.9. The van der Waals surface area contributed by atoms with Gasteiger partial charge in [0.2, 0.25) is 0 Å². The summed E-state index contributed by atoms with van der Waals surface area (Å²) in [4.78, 5) is 24.4. The molecule has 632 valence electrons. The number of hydrogen-bond donors (Lipinski definition) is 2. The molecule has 0 radical (unpaired) electrons. The van der Waals surface area contributed by atoms with Crippen molar-refractivity contribution >= 4 is 180 Å². The van der Waals surface area contributed by atoms with Gasteiger partial charge in [-0.1, -0.05) is 394 Å². The molecule has 0 saturated carbocycles. The van der Waals surface area contributed by atoms with Crippen LogP contribution in [-0.4, -0.2) is 40.1 Å². The summed E-state index contributed by atoms with van der Waals surface area (Å²) in [7, 11) is -0.436. The Balaban J connectivity index is 0.000000107. The summed E-state index contributed by atoms with van der Waals surface area (Å²) in [6.07, 6.45) is 0. The van der Waals surface area contributed by atoms with Gasteiger partial charge in [-0.25, -0.2) is 0 Å². The number of rotatable bonds is 7. The molecule has 2 atom stereocenters. The molecule has 0 amide bonds. The lowest BCUT2D eigenvalue weighted by molar-refractivity contribution is 0.00578. The summed E-state index contributed by atoms with van der Waals surface area (Å²) < 4.78 is 15.8. The molecule has 1 aliphatic heterocycles. The molecule has 3 aliphatic rings. The lowest BCUT2D eigenvalue weighted by Crippen LogP contribution is -2.44. The van der Waals surface area contributed by atoms with E-state index in [1.165, 1.54) is 131 Å². The third-order valence-corrected chi connectivity index (χ3v) is 28.9. The van der Waals surface area contributed by atoms with E-state index in [-0.39, 0.29) is 11.6 Å². The highest BCUT2D eigenvalue weighted by Crippen LogP contribution is 2.56. The van der Waals surface area contributed by atoms with Gasteiger partial charge in [0.15, 0.2) is 11.6 Å². The Hall–Kier alpha value is -13.9. The van der Waals surface area contributed by atoms with Gasteiger partial charge in [-0.15, -0.1) is 0 Å². The third kappa shape index (κ3) is 14.6. The van der Waals surface area contributed by atoms with Gasteiger partial charge >= 0.3 is 7.12 Å². The number of carbonyl (C=O) groups excluding carboxylic acids is 2. The van der Waals surface area contributed by atoms with E-state index < -0.39 is 29.5 Å². The second-order valence-electron chi connectivity index (χ2n) is 35.6. The molecular weight excluding hydrogens is 1810 g/mol. The summed E-state index contributed by atoms with van der Waals surface area (Å²) in [6.45, 7) is 8.44. The second-order valence-corrected chi connectivity index (χ2v) is 38.3. The van der Waals surface area contributed by atoms with Crippen LogP contribution in [0.3, 0.4) is 0 Å². The lowest BCUT2D eigenvalue weighted by Gasteiger charge is -2.45. The van der Waals surface area contributed by atoms with Crippen molar-refractivity contribution in [2.24, 2.45) is 0 Å². The van der Waals surface area contributed by atoms with Crippen molar-refractivity contribution < 1.29 is 29.1 Å². The van der Waals surface area contributed by atoms with E-state index in [2.05, 4.69) is 367 Å². The molecule has 2 aliphatic carbocycles. The minimum absolute atomic E-state index is 0.0808. The Kier molecular flexibility index (Phi) is 21.2. The standard InChI is InChI=1S/C40H33BO2.C34H23BrO2.C34H21Br.C14H7BrO2/c1-39(2)40(3,4)43-41(42-39)32-21-22-35-36(25-32)38(31-20-18-27-12-6-8-14-29(27)24-31)34-16-10-9-15-33(34)37(35)30-19-17-26-11-5-7-13-28(26)23-30;35-28-17-18-31-32(21-28)34(37,27-16-14-23-8-2-4-10-25(23)20-27)30-12-6-5-11-29(30)33(31,36)26-15-13-22-7-1-3-9-24(22)19-26;35-28-17-18-31-32(21-28)34(27-16-14-23-8-2-4-10-25(23)20-27)30-12-6-5-11-29(30)33(31)26-15-13-22-7-1-3-9-24(22)19-26;15-8-5-6-11-12(7-8)14(17)10-4-2-1-3-9(10)13(11)16/h5-25H,1-4H3;1-21,36-37H;1-21H;1-7H. The zero-order valence-corrected chi connectivity index (χ0v) is 77.4. The Morgan fingerprint density at radius 3 is 0.924 bits per heavy atom. The van der Waals surface area contributed by atoms with Crippen LogP contribution < -0.4 is 5.46 Å². The molecule has 22 aromatic rings. The van der Waals surface area contributed by atoms with Crippen LogP contribution in [0, 0.1) is 0 Å². The molecule has 0 aromatic heterocycles. The molecular formula is C122H84BBr3O6. The maximum Gasteiger partial charge on any atom is 0.494 e. The van der Waals surface area contributed by atoms with Gasteiger partial charge in [-0.2, -0.15) is 0 Å². The Labute approximate surface area is 790 Å². The lowest BCUT2D eigenvalue weighted by atomic mass is 9.63. The summed E-state index contributed by atoms with van der Waals surface area (Å²) in [5.74, 6) is -0.167. The van der Waals surface area contributed by atoms with E-state index >= 15 is 0 Å². The van der Waals surface area contributed by atoms with E-state index in [4.69, 9.17) is 9.31 Å². The molecule has 2 unspecified atom stereocenters. The number of ketones is 2. The molecule has 0 bridgehead atoms. The fourth-order valence-corrected chi connectivity index (χ4v) is 21.2. The van der Waals surface area contributed by atoms with Crippen LogP contribution in [0.15, 0.2) is 438 Å². The molecule has 132 heavy (non-hydrogen) atoms. The molecule has 22 aromatic carbocycles. The monoisotopic (exact) mass is 1890 g/mol. The molecule has 0 spiro atoms. The molecule has 10 heteroatoms. The smallest absolute Gasteiger partial charge is 0.399 e. The fourth-order valence-electron chi connectivity index (χ4n) is 20.2. The van der Waals surface area contributed by atoms with Gasteiger partial charge in [0, 0.05) is 41.2 Å². The van der Waals surface area contributed by atoms with E-state index in [0.717, 1.165) is 51.6 Å². The van der Waals surface area contributed by atoms with Crippen molar-refractivity contribution in [1.29, 1.82) is 0 Å². The van der Waals surface area contributed by atoms with Crippen LogP contribution in [0.25, 0.3) is 152 Å². The number of aliphatic hydroxyl groups is 2. The molecule has 1 saturated heterocycles. The van der Waals surface area contributed by atoms with Gasteiger partial charge in [0.1, 0.15) is 11.2 Å². The van der Waals surface area contributed by atoms with Crippen molar-refractivity contribution in [3.63, 3.8) is 0 Å². The number of fused-ring (bicyclic) bond motifs is 14. The van der Waals surface area contributed by atoms with E-state index in [9.17, 15) is 19.8 Å². The zero-order chi connectivity index (χ0) is 89.9. The number of carbonyl (C=O) groups is 2. The predicted octanol–water partition coefficient (Wildman–Crippen LogP) is 31.2. The number of halogens is 3. The number of hydrogen-bond acceptors (Lipinski definition) is 6. The average molecular weight is 1900 g/mol. The molecule has 25 rings (SSSR count). The summed E-state index contributed by atoms with van der Waals surface area (Å²) >= 11 is 10.7. The third-order valence-electron chi connectivity index (χ3n) is 27.4. The minimum Gasteiger partial charge on any atom is -0.399 e. The van der Waals surface area contributed by atoms with Crippen LogP contribution in [0.1, 0.15) is 92.9 Å². The quantitative estimate of drug-likeness (QED) is 0.122. The topological polar surface area (TPSA) is 93.1 Å². The average Bonchev–Trinajstić information content (AvgIpc) is 0.760. The molecule has 1 fully saturated rings. The van der Waals surface area contributed by atoms with Gasteiger partial charge in [-0.05, 0) is 292 Å². The van der Waals surface area contributed by atoms with Crippen LogP contribution in [0.5, 0.6) is 0 Å². The Morgan fingerprint density at radius 1 is 0.227 bits per heavy atom. The summed E-state index contributed by atoms with van der Waals surface area (Å²) in [5.41, 5.74) is 13.4. The molecule has 2 N–H and O–H groups in total. The van der Waals surface area contributed by atoms with Crippen LogP contribution >= 0.6 is 47.8 Å². The molecule has 6 nitrogen and oxygen atoms in total. The first-order valence-electron chi connectivity index (χ1n) is 44.5. The SMILES string of the molecule is Brc1ccc2c(-c3ccc4ccccc4c3)c3ccccc3c(-c3ccc4ccccc4c3)c2c1.CC1(C)OB(c2ccc3c(-c4ccc5ccccc5c4)c4ccccc4c(-c4ccc5ccccc5c4)c3c2)OC1(C)C.O=C1c2ccccc2C(=O)c2cc(Br)ccc21.OC1(c2ccc3ccccc3c2)c2ccccc2C(O)(c2ccc3ccccc3c2)c2cc(Br)ccc21. The summed E-state index contributed by atoms with van der Waals surface area (Å²) in [5, 5.41) is 49.8. The Morgan fingerprint density at radius 2 is 0.508 bits per heavy atom. The zero-order valence-electron chi connectivity index (χ0n) is 72.7. The van der Waals surface area contributed by atoms with Crippen molar-refractivity contribution in [2.45, 2.75) is 50.1 Å². The highest BCUT2D eigenvalue weighted by molar-refractivity contribution is 9.11. The molecule has 1 heterocycles. The van der Waals surface area contributed by atoms with E-state index in [1.54, 1.807) is 42.5 Å². The maximum atomic E-state index is 12.7. The first kappa shape index (κ1) is 83.7. The van der Waals surface area contributed by atoms with Crippen molar-refractivity contribution in [3.8, 4) is 44.5 Å². The highest BCUT2D eigenvalue weighted by Gasteiger charge is 2.53. The second kappa shape index (κ2) is 33.5. The first-order chi connectivity index (χ1) is 64.2. The normalized spacial score (nSPS) is 15.8. The van der Waals surface area contributed by atoms with Gasteiger partial charge in [0.25, 0.3) is 0 Å². The van der Waals surface area contributed by atoms with Gasteiger partial charge < -0.3 is 19.5 Å².